The lowest BCUT2D eigenvalue weighted by Gasteiger charge is -2.13. The largest absolute Gasteiger partial charge is 0.483 e. The maximum absolute atomic E-state index is 12.3. The Balaban J connectivity index is 2.46. The second-order valence-corrected chi connectivity index (χ2v) is 6.19. The van der Waals surface area contributed by atoms with E-state index in [1.54, 1.807) is 0 Å². The summed E-state index contributed by atoms with van der Waals surface area (Å²) < 4.78 is 11.1. The maximum atomic E-state index is 12.3. The molecule has 5 nitrogen and oxygen atoms in total. The SMILES string of the molecule is CCCCCCc1c(C)c2c(OCC(N)=O)cc(C)cc2oc1=O. The van der Waals surface area contributed by atoms with Gasteiger partial charge in [0.1, 0.15) is 11.3 Å². The number of benzene rings is 1. The van der Waals surface area contributed by atoms with Crippen LogP contribution in [-0.4, -0.2) is 12.5 Å². The van der Waals surface area contributed by atoms with Crippen LogP contribution in [0, 0.1) is 13.8 Å². The molecule has 0 fully saturated rings. The minimum Gasteiger partial charge on any atom is -0.483 e. The first-order valence-electron chi connectivity index (χ1n) is 8.42. The van der Waals surface area contributed by atoms with Crippen molar-refractivity contribution in [1.29, 1.82) is 0 Å². The summed E-state index contributed by atoms with van der Waals surface area (Å²) in [6, 6.07) is 3.64. The number of nitrogens with two attached hydrogens (primary N) is 1. The number of amides is 1. The zero-order valence-corrected chi connectivity index (χ0v) is 14.6. The lowest BCUT2D eigenvalue weighted by atomic mass is 9.99. The molecule has 0 bridgehead atoms. The van der Waals surface area contributed by atoms with Crippen LogP contribution >= 0.6 is 0 Å². The Kier molecular flexibility index (Phi) is 6.01. The Hall–Kier alpha value is -2.30. The van der Waals surface area contributed by atoms with Crippen LogP contribution in [0.5, 0.6) is 5.75 Å². The van der Waals surface area contributed by atoms with Crippen molar-refractivity contribution in [2.75, 3.05) is 6.61 Å². The first-order chi connectivity index (χ1) is 11.4. The molecule has 0 atom stereocenters. The molecule has 1 aromatic carbocycles. The van der Waals surface area contributed by atoms with Gasteiger partial charge in [-0.05, 0) is 49.9 Å². The van der Waals surface area contributed by atoms with Crippen LogP contribution < -0.4 is 16.1 Å². The molecule has 0 spiro atoms. The number of hydrogen-bond donors (Lipinski definition) is 1. The fourth-order valence-electron chi connectivity index (χ4n) is 2.92. The van der Waals surface area contributed by atoms with Gasteiger partial charge in [0.2, 0.25) is 0 Å². The molecular formula is C19H25NO4. The summed E-state index contributed by atoms with van der Waals surface area (Å²) in [6.07, 6.45) is 5.04. The van der Waals surface area contributed by atoms with Crippen molar-refractivity contribution in [3.8, 4) is 5.75 Å². The predicted molar refractivity (Wildman–Crippen MR) is 94.5 cm³/mol. The summed E-state index contributed by atoms with van der Waals surface area (Å²) in [6.45, 7) is 5.73. The smallest absolute Gasteiger partial charge is 0.339 e. The van der Waals surface area contributed by atoms with Crippen LogP contribution in [-0.2, 0) is 11.2 Å². The molecule has 2 aromatic rings. The standard InChI is InChI=1S/C19H25NO4/c1-4-5-6-7-8-14-13(3)18-15(23-11-17(20)21)9-12(2)10-16(18)24-19(14)22/h9-10H,4-8,11H2,1-3H3,(H2,20,21). The summed E-state index contributed by atoms with van der Waals surface area (Å²) >= 11 is 0. The van der Waals surface area contributed by atoms with Crippen molar-refractivity contribution < 1.29 is 13.9 Å². The molecule has 5 heteroatoms. The van der Waals surface area contributed by atoms with Gasteiger partial charge < -0.3 is 14.9 Å². The molecule has 0 saturated heterocycles. The van der Waals surface area contributed by atoms with Crippen molar-refractivity contribution in [3.63, 3.8) is 0 Å². The molecule has 0 aliphatic rings. The zero-order valence-electron chi connectivity index (χ0n) is 14.6. The van der Waals surface area contributed by atoms with E-state index < -0.39 is 5.91 Å². The van der Waals surface area contributed by atoms with E-state index in [0.717, 1.165) is 42.2 Å². The second-order valence-electron chi connectivity index (χ2n) is 6.19. The van der Waals surface area contributed by atoms with Gasteiger partial charge in [0.05, 0.1) is 5.39 Å². The third-order valence-corrected chi connectivity index (χ3v) is 4.14. The fourth-order valence-corrected chi connectivity index (χ4v) is 2.92. The zero-order chi connectivity index (χ0) is 17.7. The van der Waals surface area contributed by atoms with Crippen LogP contribution in [0.4, 0.5) is 0 Å². The molecule has 1 amide bonds. The second kappa shape index (κ2) is 7.99. The monoisotopic (exact) mass is 331 g/mol. The average Bonchev–Trinajstić information content (AvgIpc) is 2.51. The summed E-state index contributed by atoms with van der Waals surface area (Å²) in [5.41, 5.74) is 7.80. The molecule has 0 unspecified atom stereocenters. The lowest BCUT2D eigenvalue weighted by molar-refractivity contribution is -0.119. The van der Waals surface area contributed by atoms with Gasteiger partial charge >= 0.3 is 5.63 Å². The maximum Gasteiger partial charge on any atom is 0.339 e. The Labute approximate surface area is 141 Å². The molecule has 24 heavy (non-hydrogen) atoms. The van der Waals surface area contributed by atoms with Gasteiger partial charge in [-0.25, -0.2) is 4.79 Å². The van der Waals surface area contributed by atoms with Crippen molar-refractivity contribution >= 4 is 16.9 Å². The van der Waals surface area contributed by atoms with Gasteiger partial charge in [-0.3, -0.25) is 4.79 Å². The number of hydrogen-bond acceptors (Lipinski definition) is 4. The van der Waals surface area contributed by atoms with Gasteiger partial charge in [-0.1, -0.05) is 26.2 Å². The van der Waals surface area contributed by atoms with E-state index in [2.05, 4.69) is 6.92 Å². The van der Waals surface area contributed by atoms with E-state index in [-0.39, 0.29) is 12.2 Å². The Morgan fingerprint density at radius 2 is 1.96 bits per heavy atom. The van der Waals surface area contributed by atoms with E-state index in [1.807, 2.05) is 26.0 Å². The average molecular weight is 331 g/mol. The third kappa shape index (κ3) is 4.16. The molecule has 0 aliphatic carbocycles. The highest BCUT2D eigenvalue weighted by Gasteiger charge is 2.16. The topological polar surface area (TPSA) is 82.5 Å². The minimum absolute atomic E-state index is 0.205. The molecule has 130 valence electrons. The minimum atomic E-state index is -0.542. The number of primary amides is 1. The fraction of sp³-hybridized carbons (Fsp3) is 0.474. The van der Waals surface area contributed by atoms with E-state index in [9.17, 15) is 9.59 Å². The number of rotatable bonds is 8. The van der Waals surface area contributed by atoms with Gasteiger partial charge in [0.25, 0.3) is 5.91 Å². The molecule has 2 N–H and O–H groups in total. The van der Waals surface area contributed by atoms with Crippen molar-refractivity contribution in [2.45, 2.75) is 52.9 Å². The summed E-state index contributed by atoms with van der Waals surface area (Å²) in [4.78, 5) is 23.4. The summed E-state index contributed by atoms with van der Waals surface area (Å²) in [7, 11) is 0. The molecule has 0 aliphatic heterocycles. The van der Waals surface area contributed by atoms with Crippen molar-refractivity contribution in [2.24, 2.45) is 5.73 Å². The molecule has 1 heterocycles. The molecular weight excluding hydrogens is 306 g/mol. The van der Waals surface area contributed by atoms with Crippen molar-refractivity contribution in [1.82, 2.24) is 0 Å². The van der Waals surface area contributed by atoms with Crippen LogP contribution in [0.25, 0.3) is 11.0 Å². The number of aryl methyl sites for hydroxylation is 2. The molecule has 2 rings (SSSR count). The molecule has 1 aromatic heterocycles. The van der Waals surface area contributed by atoms with Crippen LogP contribution in [0.15, 0.2) is 21.3 Å². The number of carbonyl (C=O) groups excluding carboxylic acids is 1. The first kappa shape index (κ1) is 18.0. The van der Waals surface area contributed by atoms with E-state index in [4.69, 9.17) is 14.9 Å². The predicted octanol–water partition coefficient (Wildman–Crippen LogP) is 3.40. The number of unbranched alkanes of at least 4 members (excludes halogenated alkanes) is 3. The number of ether oxygens (including phenoxy) is 1. The number of fused-ring (bicyclic) bond motifs is 1. The first-order valence-corrected chi connectivity index (χ1v) is 8.42. The molecule has 0 radical (unpaired) electrons. The highest BCUT2D eigenvalue weighted by molar-refractivity contribution is 5.88. The summed E-state index contributed by atoms with van der Waals surface area (Å²) in [5, 5.41) is 0.743. The van der Waals surface area contributed by atoms with Crippen molar-refractivity contribution in [3.05, 3.63) is 39.2 Å². The highest BCUT2D eigenvalue weighted by Crippen LogP contribution is 2.31. The van der Waals surface area contributed by atoms with Gasteiger partial charge in [0, 0.05) is 5.56 Å². The summed E-state index contributed by atoms with van der Waals surface area (Å²) in [5.74, 6) is -0.0145. The van der Waals surface area contributed by atoms with Crippen LogP contribution in [0.1, 0.15) is 49.3 Å². The van der Waals surface area contributed by atoms with Gasteiger partial charge in [0.15, 0.2) is 6.61 Å². The third-order valence-electron chi connectivity index (χ3n) is 4.14. The lowest BCUT2D eigenvalue weighted by Crippen LogP contribution is -2.20. The van der Waals surface area contributed by atoms with E-state index >= 15 is 0 Å². The van der Waals surface area contributed by atoms with Crippen LogP contribution in [0.2, 0.25) is 0 Å². The Morgan fingerprint density at radius 1 is 1.21 bits per heavy atom. The Bertz CT molecular complexity index is 792. The normalized spacial score (nSPS) is 11.0. The Morgan fingerprint density at radius 3 is 2.62 bits per heavy atom. The molecule has 0 saturated carbocycles. The van der Waals surface area contributed by atoms with Gasteiger partial charge in [-0.15, -0.1) is 0 Å². The van der Waals surface area contributed by atoms with E-state index in [1.165, 1.54) is 0 Å². The number of carbonyl (C=O) groups is 1. The highest BCUT2D eigenvalue weighted by atomic mass is 16.5. The van der Waals surface area contributed by atoms with E-state index in [0.29, 0.717) is 23.3 Å². The quantitative estimate of drug-likeness (QED) is 0.593. The van der Waals surface area contributed by atoms with Gasteiger partial charge in [-0.2, -0.15) is 0 Å². The van der Waals surface area contributed by atoms with Crippen LogP contribution in [0.3, 0.4) is 0 Å².